The van der Waals surface area contributed by atoms with Crippen molar-refractivity contribution < 1.29 is 0 Å². The lowest BCUT2D eigenvalue weighted by molar-refractivity contribution is 0.386. The van der Waals surface area contributed by atoms with E-state index in [1.165, 1.54) is 11.6 Å². The van der Waals surface area contributed by atoms with Crippen LogP contribution in [0.2, 0.25) is 0 Å². The fraction of sp³-hybridized carbons (Fsp3) is 0.643. The van der Waals surface area contributed by atoms with Gasteiger partial charge >= 0.3 is 5.69 Å². The second-order valence-electron chi connectivity index (χ2n) is 5.57. The quantitative estimate of drug-likeness (QED) is 0.775. The van der Waals surface area contributed by atoms with Crippen molar-refractivity contribution >= 4 is 11.2 Å². The van der Waals surface area contributed by atoms with Crippen LogP contribution in [0, 0.1) is 0 Å². The molecule has 2 rings (SSSR count). The summed E-state index contributed by atoms with van der Waals surface area (Å²) in [7, 11) is 7.21. The number of aromatic nitrogens is 4. The van der Waals surface area contributed by atoms with Crippen LogP contribution < -0.4 is 11.2 Å². The molecule has 2 aromatic heterocycles. The molecule has 116 valence electrons. The first kappa shape index (κ1) is 15.5. The molecule has 0 aliphatic heterocycles. The maximum absolute atomic E-state index is 12.4. The molecule has 0 saturated carbocycles. The number of nitrogens with zero attached hydrogens (tertiary/aromatic N) is 5. The summed E-state index contributed by atoms with van der Waals surface area (Å²) in [5.74, 6) is 0.849. The SMILES string of the molecule is CCc1nc2c(c(=O)n(C)c(=O)n2C)n1CCCN(C)C. The molecule has 0 atom stereocenters. The standard InChI is InChI=1S/C14H23N5O2/c1-6-10-15-12-11(19(10)9-7-8-16(2)3)13(20)18(5)14(21)17(12)4/h6-9H2,1-5H3. The molecular weight excluding hydrogens is 270 g/mol. The minimum absolute atomic E-state index is 0.273. The third kappa shape index (κ3) is 2.65. The van der Waals surface area contributed by atoms with Gasteiger partial charge in [-0.1, -0.05) is 6.92 Å². The fourth-order valence-electron chi connectivity index (χ4n) is 2.55. The Morgan fingerprint density at radius 3 is 2.38 bits per heavy atom. The summed E-state index contributed by atoms with van der Waals surface area (Å²) in [6.45, 7) is 3.67. The number of rotatable bonds is 5. The van der Waals surface area contributed by atoms with Gasteiger partial charge in [0, 0.05) is 27.1 Å². The zero-order chi connectivity index (χ0) is 15.7. The Balaban J connectivity index is 2.63. The fourth-order valence-corrected chi connectivity index (χ4v) is 2.55. The highest BCUT2D eigenvalue weighted by Gasteiger charge is 2.17. The van der Waals surface area contributed by atoms with Crippen molar-refractivity contribution in [2.24, 2.45) is 14.1 Å². The Morgan fingerprint density at radius 1 is 1.14 bits per heavy atom. The van der Waals surface area contributed by atoms with Crippen molar-refractivity contribution in [2.45, 2.75) is 26.3 Å². The second kappa shape index (κ2) is 5.85. The molecule has 7 heteroatoms. The molecule has 0 aliphatic rings. The van der Waals surface area contributed by atoms with E-state index in [1.807, 2.05) is 25.6 Å². The van der Waals surface area contributed by atoms with Crippen molar-refractivity contribution in [3.8, 4) is 0 Å². The number of hydrogen-bond acceptors (Lipinski definition) is 4. The maximum Gasteiger partial charge on any atom is 0.332 e. The third-order valence-electron chi connectivity index (χ3n) is 3.73. The van der Waals surface area contributed by atoms with Gasteiger partial charge in [-0.05, 0) is 27.1 Å². The molecule has 0 fully saturated rings. The van der Waals surface area contributed by atoms with Crippen LogP contribution in [0.4, 0.5) is 0 Å². The van der Waals surface area contributed by atoms with Crippen LogP contribution in [-0.4, -0.2) is 44.2 Å². The van der Waals surface area contributed by atoms with Gasteiger partial charge in [-0.15, -0.1) is 0 Å². The van der Waals surface area contributed by atoms with Gasteiger partial charge in [0.25, 0.3) is 5.56 Å². The number of fused-ring (bicyclic) bond motifs is 1. The summed E-state index contributed by atoms with van der Waals surface area (Å²) in [4.78, 5) is 31.0. The molecule has 0 unspecified atom stereocenters. The summed E-state index contributed by atoms with van der Waals surface area (Å²) in [5, 5.41) is 0. The Bertz CT molecular complexity index is 766. The van der Waals surface area contributed by atoms with Crippen LogP contribution in [0.15, 0.2) is 9.59 Å². The molecule has 0 spiro atoms. The van der Waals surface area contributed by atoms with E-state index in [1.54, 1.807) is 7.05 Å². The first-order valence-corrected chi connectivity index (χ1v) is 7.18. The Morgan fingerprint density at radius 2 is 1.81 bits per heavy atom. The van der Waals surface area contributed by atoms with E-state index in [4.69, 9.17) is 0 Å². The van der Waals surface area contributed by atoms with E-state index in [2.05, 4.69) is 9.88 Å². The molecular formula is C14H23N5O2. The number of hydrogen-bond donors (Lipinski definition) is 0. The molecule has 2 aromatic rings. The van der Waals surface area contributed by atoms with Gasteiger partial charge in [0.15, 0.2) is 11.2 Å². The van der Waals surface area contributed by atoms with Crippen LogP contribution in [0.1, 0.15) is 19.2 Å². The molecule has 0 aromatic carbocycles. The number of aryl methyl sites for hydroxylation is 3. The molecule has 0 bridgehead atoms. The topological polar surface area (TPSA) is 65.1 Å². The summed E-state index contributed by atoms with van der Waals surface area (Å²) in [6.07, 6.45) is 1.66. The molecule has 0 saturated heterocycles. The normalized spacial score (nSPS) is 11.7. The molecule has 0 amide bonds. The predicted octanol–water partition coefficient (Wildman–Crippen LogP) is -0.0522. The average Bonchev–Trinajstić information content (AvgIpc) is 2.81. The van der Waals surface area contributed by atoms with Gasteiger partial charge in [0.1, 0.15) is 5.82 Å². The molecule has 7 nitrogen and oxygen atoms in total. The Labute approximate surface area is 123 Å². The lowest BCUT2D eigenvalue weighted by Gasteiger charge is -2.12. The third-order valence-corrected chi connectivity index (χ3v) is 3.73. The molecule has 0 radical (unpaired) electrons. The van der Waals surface area contributed by atoms with Crippen molar-refractivity contribution in [3.63, 3.8) is 0 Å². The number of imidazole rings is 1. The molecule has 21 heavy (non-hydrogen) atoms. The molecule has 0 N–H and O–H groups in total. The average molecular weight is 293 g/mol. The van der Waals surface area contributed by atoms with E-state index in [-0.39, 0.29) is 11.2 Å². The molecule has 2 heterocycles. The summed E-state index contributed by atoms with van der Waals surface area (Å²) < 4.78 is 4.55. The van der Waals surface area contributed by atoms with Crippen LogP contribution >= 0.6 is 0 Å². The summed E-state index contributed by atoms with van der Waals surface area (Å²) in [6, 6.07) is 0. The van der Waals surface area contributed by atoms with Crippen molar-refractivity contribution in [2.75, 3.05) is 20.6 Å². The lowest BCUT2D eigenvalue weighted by Crippen LogP contribution is -2.37. The zero-order valence-electron chi connectivity index (χ0n) is 13.4. The monoisotopic (exact) mass is 293 g/mol. The van der Waals surface area contributed by atoms with Crippen molar-refractivity contribution in [1.29, 1.82) is 0 Å². The predicted molar refractivity (Wildman–Crippen MR) is 82.8 cm³/mol. The minimum Gasteiger partial charge on any atom is -0.322 e. The van der Waals surface area contributed by atoms with E-state index in [0.717, 1.165) is 36.3 Å². The van der Waals surface area contributed by atoms with Crippen molar-refractivity contribution in [1.82, 2.24) is 23.6 Å². The van der Waals surface area contributed by atoms with Gasteiger partial charge in [-0.25, -0.2) is 9.78 Å². The first-order valence-electron chi connectivity index (χ1n) is 7.18. The van der Waals surface area contributed by atoms with Gasteiger partial charge < -0.3 is 9.47 Å². The second-order valence-corrected chi connectivity index (χ2v) is 5.57. The summed E-state index contributed by atoms with van der Waals surface area (Å²) >= 11 is 0. The highest BCUT2D eigenvalue weighted by Crippen LogP contribution is 2.12. The van der Waals surface area contributed by atoms with Crippen molar-refractivity contribution in [3.05, 3.63) is 26.7 Å². The van der Waals surface area contributed by atoms with E-state index < -0.39 is 0 Å². The van der Waals surface area contributed by atoms with Crippen LogP contribution in [0.5, 0.6) is 0 Å². The van der Waals surface area contributed by atoms with Gasteiger partial charge in [-0.3, -0.25) is 13.9 Å². The highest BCUT2D eigenvalue weighted by atomic mass is 16.2. The van der Waals surface area contributed by atoms with Gasteiger partial charge in [-0.2, -0.15) is 0 Å². The first-order chi connectivity index (χ1) is 9.88. The van der Waals surface area contributed by atoms with E-state index in [0.29, 0.717) is 11.2 Å². The summed E-state index contributed by atoms with van der Waals surface area (Å²) in [5.41, 5.74) is 0.387. The minimum atomic E-state index is -0.340. The maximum atomic E-state index is 12.4. The lowest BCUT2D eigenvalue weighted by atomic mass is 10.3. The van der Waals surface area contributed by atoms with Gasteiger partial charge in [0.2, 0.25) is 0 Å². The largest absolute Gasteiger partial charge is 0.332 e. The Kier molecular flexibility index (Phi) is 4.32. The van der Waals surface area contributed by atoms with E-state index in [9.17, 15) is 9.59 Å². The van der Waals surface area contributed by atoms with Crippen LogP contribution in [0.25, 0.3) is 11.2 Å². The highest BCUT2D eigenvalue weighted by molar-refractivity contribution is 5.71. The molecule has 0 aliphatic carbocycles. The van der Waals surface area contributed by atoms with E-state index >= 15 is 0 Å². The Hall–Kier alpha value is -1.89. The van der Waals surface area contributed by atoms with Gasteiger partial charge in [0.05, 0.1) is 0 Å². The smallest absolute Gasteiger partial charge is 0.322 e. The van der Waals surface area contributed by atoms with Crippen LogP contribution in [0.3, 0.4) is 0 Å². The van der Waals surface area contributed by atoms with Crippen LogP contribution in [-0.2, 0) is 27.1 Å². The zero-order valence-corrected chi connectivity index (χ0v) is 13.4.